The minimum Gasteiger partial charge on any atom is -0.508 e. The van der Waals surface area contributed by atoms with Gasteiger partial charge in [-0.1, -0.05) is 35.9 Å². The van der Waals surface area contributed by atoms with Crippen molar-refractivity contribution < 1.29 is 24.1 Å². The lowest BCUT2D eigenvalue weighted by molar-refractivity contribution is -0.119. The zero-order valence-electron chi connectivity index (χ0n) is 23.1. The van der Waals surface area contributed by atoms with Crippen molar-refractivity contribution in [2.24, 2.45) is 0 Å². The maximum absolute atomic E-state index is 11.9. The van der Waals surface area contributed by atoms with Gasteiger partial charge in [0, 0.05) is 24.5 Å². The summed E-state index contributed by atoms with van der Waals surface area (Å²) in [6, 6.07) is 16.7. The molecule has 5 rings (SSSR count). The molecule has 2 heterocycles. The van der Waals surface area contributed by atoms with Gasteiger partial charge in [-0.25, -0.2) is 0 Å². The van der Waals surface area contributed by atoms with Gasteiger partial charge in [0.05, 0.1) is 25.5 Å². The number of aryl methyl sites for hydroxylation is 1. The highest BCUT2D eigenvalue weighted by Gasteiger charge is 2.31. The molecule has 0 radical (unpaired) electrons. The number of fused-ring (bicyclic) bond motifs is 1. The Morgan fingerprint density at radius 3 is 2.70 bits per heavy atom. The molecule has 0 fully saturated rings. The number of benzene rings is 3. The Morgan fingerprint density at radius 2 is 2.02 bits per heavy atom. The highest BCUT2D eigenvalue weighted by molar-refractivity contribution is 6.31. The summed E-state index contributed by atoms with van der Waals surface area (Å²) < 4.78 is 16.6. The summed E-state index contributed by atoms with van der Waals surface area (Å²) in [6.45, 7) is 4.50. The van der Waals surface area contributed by atoms with Gasteiger partial charge in [0.25, 0.3) is 0 Å². The molecule has 0 aromatic heterocycles. The second-order valence-corrected chi connectivity index (χ2v) is 10.1. The van der Waals surface area contributed by atoms with Crippen LogP contribution in [0.15, 0.2) is 66.6 Å². The van der Waals surface area contributed by atoms with Gasteiger partial charge in [0.2, 0.25) is 6.41 Å². The SMILES string of the molecule is CNCC1=COCN1.COc1cc2c(cc1OCCc1cccc(O)c1)C(c1ccc(C)cc1Cl)N(C=O)CC2. The Hall–Kier alpha value is -3.88. The Labute approximate surface area is 240 Å². The van der Waals surface area contributed by atoms with E-state index in [-0.39, 0.29) is 11.8 Å². The van der Waals surface area contributed by atoms with Crippen molar-refractivity contribution in [3.05, 3.63) is 99.4 Å². The third kappa shape index (κ3) is 7.20. The second kappa shape index (κ2) is 14.0. The molecule has 0 bridgehead atoms. The smallest absolute Gasteiger partial charge is 0.210 e. The molecule has 0 aliphatic carbocycles. The number of methoxy groups -OCH3 is 1. The number of rotatable bonds is 9. The van der Waals surface area contributed by atoms with Gasteiger partial charge >= 0.3 is 0 Å². The molecular formula is C31H36ClN3O5. The largest absolute Gasteiger partial charge is 0.508 e. The van der Waals surface area contributed by atoms with Crippen molar-refractivity contribution in [3.63, 3.8) is 0 Å². The number of nitrogens with one attached hydrogen (secondary N) is 2. The van der Waals surface area contributed by atoms with Gasteiger partial charge in [0.1, 0.15) is 12.0 Å². The number of aromatic hydroxyl groups is 1. The maximum Gasteiger partial charge on any atom is 0.210 e. The predicted molar refractivity (Wildman–Crippen MR) is 156 cm³/mol. The van der Waals surface area contributed by atoms with Crippen LogP contribution in [0.3, 0.4) is 0 Å². The van der Waals surface area contributed by atoms with Crippen molar-refractivity contribution >= 4 is 18.0 Å². The fourth-order valence-electron chi connectivity index (χ4n) is 4.84. The van der Waals surface area contributed by atoms with Gasteiger partial charge in [0.15, 0.2) is 18.2 Å². The van der Waals surface area contributed by atoms with Crippen LogP contribution in [0.5, 0.6) is 17.2 Å². The molecule has 0 saturated heterocycles. The monoisotopic (exact) mass is 565 g/mol. The number of likely N-dealkylation sites (N-methyl/N-ethyl adjacent to an activating group) is 1. The molecule has 1 unspecified atom stereocenters. The molecule has 2 aliphatic heterocycles. The number of halogens is 1. The van der Waals surface area contributed by atoms with E-state index in [2.05, 4.69) is 10.6 Å². The lowest BCUT2D eigenvalue weighted by atomic mass is 9.87. The molecule has 9 heteroatoms. The van der Waals surface area contributed by atoms with Crippen molar-refractivity contribution in [2.75, 3.05) is 40.6 Å². The average Bonchev–Trinajstić information content (AvgIpc) is 3.46. The van der Waals surface area contributed by atoms with Gasteiger partial charge < -0.3 is 34.9 Å². The number of carbonyl (C=O) groups excluding carboxylic acids is 1. The van der Waals surface area contributed by atoms with Crippen LogP contribution >= 0.6 is 11.6 Å². The highest BCUT2D eigenvalue weighted by Crippen LogP contribution is 2.42. The summed E-state index contributed by atoms with van der Waals surface area (Å²) in [5.41, 5.74) is 6.16. The first-order chi connectivity index (χ1) is 19.4. The standard InChI is InChI=1S/C26H26ClNO4.C5H10N2O/c1-17-6-7-21(23(27)12-17)26-22-15-25(32-11-9-18-4-3-5-20(30)13-18)24(31-2)14-19(22)8-10-28(26)16-29;1-6-2-5-3-8-4-7-5/h3-7,12-16,26,30H,8-11H2,1-2H3;3,6-7H,2,4H2,1H3. The fraction of sp³-hybridized carbons (Fsp3) is 0.323. The fourth-order valence-corrected chi connectivity index (χ4v) is 5.17. The maximum atomic E-state index is 11.9. The van der Waals surface area contributed by atoms with Crippen molar-refractivity contribution in [2.45, 2.75) is 25.8 Å². The van der Waals surface area contributed by atoms with Crippen molar-refractivity contribution in [1.82, 2.24) is 15.5 Å². The lowest BCUT2D eigenvalue weighted by Crippen LogP contribution is -2.35. The summed E-state index contributed by atoms with van der Waals surface area (Å²) in [7, 11) is 3.53. The first kappa shape index (κ1) is 29.1. The molecule has 212 valence electrons. The van der Waals surface area contributed by atoms with E-state index in [0.717, 1.165) is 52.9 Å². The summed E-state index contributed by atoms with van der Waals surface area (Å²) >= 11 is 6.60. The normalized spacial score (nSPS) is 15.6. The van der Waals surface area contributed by atoms with Gasteiger partial charge in [-0.2, -0.15) is 0 Å². The van der Waals surface area contributed by atoms with Gasteiger partial charge in [-0.05, 0) is 78.5 Å². The van der Waals surface area contributed by atoms with Crippen molar-refractivity contribution in [1.29, 1.82) is 0 Å². The van der Waals surface area contributed by atoms with E-state index in [1.54, 1.807) is 30.4 Å². The van der Waals surface area contributed by atoms with Crippen LogP contribution in [-0.2, 0) is 22.4 Å². The van der Waals surface area contributed by atoms with E-state index >= 15 is 0 Å². The number of carbonyl (C=O) groups is 1. The highest BCUT2D eigenvalue weighted by atomic mass is 35.5. The van der Waals surface area contributed by atoms with Crippen LogP contribution in [0.2, 0.25) is 5.02 Å². The average molecular weight is 566 g/mol. The van der Waals surface area contributed by atoms with Crippen LogP contribution in [0.1, 0.15) is 33.9 Å². The third-order valence-electron chi connectivity index (χ3n) is 6.81. The topological polar surface area (TPSA) is 92.3 Å². The number of amides is 1. The van der Waals surface area contributed by atoms with Crippen molar-refractivity contribution in [3.8, 4) is 17.2 Å². The molecule has 0 saturated carbocycles. The summed E-state index contributed by atoms with van der Waals surface area (Å²) in [6.07, 6.45) is 3.99. The lowest BCUT2D eigenvalue weighted by Gasteiger charge is -2.36. The van der Waals surface area contributed by atoms with Crippen LogP contribution in [0, 0.1) is 6.92 Å². The van der Waals surface area contributed by atoms with Gasteiger partial charge in [-0.15, -0.1) is 0 Å². The number of phenolic OH excluding ortho intramolecular Hbond substituents is 1. The Bertz CT molecular complexity index is 1350. The molecule has 8 nitrogen and oxygen atoms in total. The first-order valence-electron chi connectivity index (χ1n) is 13.2. The molecule has 3 aromatic rings. The van der Waals surface area contributed by atoms with E-state index < -0.39 is 0 Å². The van der Waals surface area contributed by atoms with Crippen LogP contribution < -0.4 is 20.1 Å². The van der Waals surface area contributed by atoms with E-state index in [1.807, 2.05) is 56.4 Å². The summed E-state index contributed by atoms with van der Waals surface area (Å²) in [5.74, 6) is 1.51. The zero-order valence-corrected chi connectivity index (χ0v) is 23.8. The minimum atomic E-state index is -0.288. The number of ether oxygens (including phenoxy) is 3. The van der Waals surface area contributed by atoms with E-state index in [4.69, 9.17) is 25.8 Å². The number of hydrogen-bond donors (Lipinski definition) is 3. The molecule has 0 spiro atoms. The molecule has 40 heavy (non-hydrogen) atoms. The second-order valence-electron chi connectivity index (χ2n) is 9.65. The number of phenols is 1. The molecule has 1 amide bonds. The van der Waals surface area contributed by atoms with E-state index in [0.29, 0.717) is 42.8 Å². The predicted octanol–water partition coefficient (Wildman–Crippen LogP) is 4.71. The Balaban J connectivity index is 0.000000398. The summed E-state index contributed by atoms with van der Waals surface area (Å²) in [4.78, 5) is 13.7. The first-order valence-corrected chi connectivity index (χ1v) is 13.6. The molecule has 2 aliphatic rings. The molecule has 3 N–H and O–H groups in total. The Kier molecular flexibility index (Phi) is 10.2. The van der Waals surface area contributed by atoms with E-state index in [9.17, 15) is 9.90 Å². The quantitative estimate of drug-likeness (QED) is 0.324. The molecule has 1 atom stereocenters. The third-order valence-corrected chi connectivity index (χ3v) is 7.14. The number of nitrogens with zero attached hydrogens (tertiary/aromatic N) is 1. The number of hydrogen-bond acceptors (Lipinski definition) is 7. The molecule has 3 aromatic carbocycles. The zero-order chi connectivity index (χ0) is 28.5. The van der Waals surface area contributed by atoms with Gasteiger partial charge in [-0.3, -0.25) is 4.79 Å². The molecular weight excluding hydrogens is 530 g/mol. The minimum absolute atomic E-state index is 0.237. The van der Waals surface area contributed by atoms with E-state index in [1.165, 1.54) is 0 Å². The Morgan fingerprint density at radius 1 is 1.18 bits per heavy atom. The van der Waals surface area contributed by atoms with Crippen LogP contribution in [0.25, 0.3) is 0 Å². The van der Waals surface area contributed by atoms with Crippen LogP contribution in [-0.4, -0.2) is 57.0 Å². The summed E-state index contributed by atoms with van der Waals surface area (Å²) in [5, 5.41) is 16.3. The van der Waals surface area contributed by atoms with Crippen LogP contribution in [0.4, 0.5) is 0 Å².